The lowest BCUT2D eigenvalue weighted by Gasteiger charge is -2.18. The Balaban J connectivity index is 3.84. The van der Waals surface area contributed by atoms with Crippen LogP contribution in [0, 0.1) is 5.92 Å². The molecule has 0 heterocycles. The molecule has 12 heavy (non-hydrogen) atoms. The van der Waals surface area contributed by atoms with Crippen molar-refractivity contribution in [2.24, 2.45) is 5.92 Å². The Morgan fingerprint density at radius 1 is 1.58 bits per heavy atom. The summed E-state index contributed by atoms with van der Waals surface area (Å²) in [7, 11) is 1.67. The highest BCUT2D eigenvalue weighted by molar-refractivity contribution is 7.80. The maximum Gasteiger partial charge on any atom is 0.225 e. The Bertz CT molecular complexity index is 150. The minimum atomic E-state index is -0.542. The molecule has 0 saturated heterocycles. The molecule has 1 unspecified atom stereocenters. The summed E-state index contributed by atoms with van der Waals surface area (Å²) >= 11 is 3.95. The smallest absolute Gasteiger partial charge is 0.225 e. The first-order chi connectivity index (χ1) is 5.49. The van der Waals surface area contributed by atoms with Crippen LogP contribution in [0.1, 0.15) is 20.3 Å². The van der Waals surface area contributed by atoms with Crippen LogP contribution in [0.2, 0.25) is 0 Å². The third-order valence-corrected chi connectivity index (χ3v) is 2.22. The average Bonchev–Trinajstić information content (AvgIpc) is 2.02. The molecule has 1 amide bonds. The van der Waals surface area contributed by atoms with Gasteiger partial charge in [-0.05, 0) is 5.92 Å². The molecule has 0 spiro atoms. The van der Waals surface area contributed by atoms with Crippen LogP contribution < -0.4 is 0 Å². The van der Waals surface area contributed by atoms with Crippen molar-refractivity contribution >= 4 is 18.5 Å². The van der Waals surface area contributed by atoms with Gasteiger partial charge in [-0.15, -0.1) is 0 Å². The van der Waals surface area contributed by atoms with Crippen molar-refractivity contribution < 1.29 is 9.90 Å². The summed E-state index contributed by atoms with van der Waals surface area (Å²) in [5, 5.41) is 9.37. The lowest BCUT2D eigenvalue weighted by Crippen LogP contribution is -2.30. The number of thiol groups is 1. The SMILES string of the molecule is CC(C)C(O)CC(=O)N(C)CS. The van der Waals surface area contributed by atoms with E-state index in [4.69, 9.17) is 0 Å². The number of hydrogen-bond donors (Lipinski definition) is 2. The first kappa shape index (κ1) is 11.8. The van der Waals surface area contributed by atoms with Crippen LogP contribution in [0.5, 0.6) is 0 Å². The predicted molar refractivity (Wildman–Crippen MR) is 52.1 cm³/mol. The second-order valence-electron chi connectivity index (χ2n) is 3.25. The Morgan fingerprint density at radius 2 is 2.08 bits per heavy atom. The second-order valence-corrected chi connectivity index (χ2v) is 3.53. The molecule has 0 aromatic carbocycles. The molecule has 0 aromatic heterocycles. The van der Waals surface area contributed by atoms with Crippen LogP contribution in [0.25, 0.3) is 0 Å². The molecule has 3 nitrogen and oxygen atoms in total. The molecule has 0 fully saturated rings. The Kier molecular flexibility index (Phi) is 5.33. The highest BCUT2D eigenvalue weighted by Gasteiger charge is 2.16. The molecule has 0 rings (SSSR count). The van der Waals surface area contributed by atoms with Gasteiger partial charge in [0.15, 0.2) is 0 Å². The summed E-state index contributed by atoms with van der Waals surface area (Å²) in [5.41, 5.74) is 0. The van der Waals surface area contributed by atoms with Gasteiger partial charge >= 0.3 is 0 Å². The zero-order chi connectivity index (χ0) is 9.72. The van der Waals surface area contributed by atoms with Gasteiger partial charge < -0.3 is 10.0 Å². The van der Waals surface area contributed by atoms with Gasteiger partial charge in [-0.1, -0.05) is 13.8 Å². The molecule has 0 aromatic rings. The lowest BCUT2D eigenvalue weighted by molar-refractivity contribution is -0.131. The van der Waals surface area contributed by atoms with Crippen LogP contribution >= 0.6 is 12.6 Å². The fraction of sp³-hybridized carbons (Fsp3) is 0.875. The van der Waals surface area contributed by atoms with Crippen molar-refractivity contribution in [3.8, 4) is 0 Å². The predicted octanol–water partition coefficient (Wildman–Crippen LogP) is 0.739. The van der Waals surface area contributed by atoms with Gasteiger partial charge in [-0.25, -0.2) is 0 Å². The topological polar surface area (TPSA) is 40.5 Å². The van der Waals surface area contributed by atoms with Crippen molar-refractivity contribution in [3.63, 3.8) is 0 Å². The highest BCUT2D eigenvalue weighted by Crippen LogP contribution is 2.07. The third kappa shape index (κ3) is 3.97. The molecular formula is C8H17NO2S. The van der Waals surface area contributed by atoms with Crippen LogP contribution in [0.15, 0.2) is 0 Å². The van der Waals surface area contributed by atoms with E-state index in [0.717, 1.165) is 0 Å². The number of carbonyl (C=O) groups is 1. The van der Waals surface area contributed by atoms with E-state index in [9.17, 15) is 9.90 Å². The molecule has 0 aliphatic rings. The molecule has 0 bridgehead atoms. The monoisotopic (exact) mass is 191 g/mol. The van der Waals surface area contributed by atoms with Crippen LogP contribution in [0.3, 0.4) is 0 Å². The number of hydrogen-bond acceptors (Lipinski definition) is 3. The maximum atomic E-state index is 11.2. The van der Waals surface area contributed by atoms with Gasteiger partial charge in [0.05, 0.1) is 18.4 Å². The van der Waals surface area contributed by atoms with E-state index in [2.05, 4.69) is 12.6 Å². The van der Waals surface area contributed by atoms with Crippen molar-refractivity contribution in [1.29, 1.82) is 0 Å². The lowest BCUT2D eigenvalue weighted by atomic mass is 10.0. The molecule has 4 heteroatoms. The van der Waals surface area contributed by atoms with Crippen LogP contribution in [0.4, 0.5) is 0 Å². The zero-order valence-corrected chi connectivity index (χ0v) is 8.71. The van der Waals surface area contributed by atoms with Gasteiger partial charge in [-0.3, -0.25) is 4.79 Å². The fourth-order valence-electron chi connectivity index (χ4n) is 0.649. The standard InChI is InChI=1S/C8H17NO2S/c1-6(2)7(10)4-8(11)9(3)5-12/h6-7,10,12H,4-5H2,1-3H3. The molecule has 72 valence electrons. The van der Waals surface area contributed by atoms with Gasteiger partial charge in [-0.2, -0.15) is 12.6 Å². The Hall–Kier alpha value is -0.220. The van der Waals surface area contributed by atoms with Crippen molar-refractivity contribution in [2.75, 3.05) is 12.9 Å². The van der Waals surface area contributed by atoms with Crippen molar-refractivity contribution in [1.82, 2.24) is 4.90 Å². The summed E-state index contributed by atoms with van der Waals surface area (Å²) < 4.78 is 0. The van der Waals surface area contributed by atoms with Gasteiger partial charge in [0.25, 0.3) is 0 Å². The number of aliphatic hydroxyl groups is 1. The number of rotatable bonds is 4. The molecule has 0 saturated carbocycles. The van der Waals surface area contributed by atoms with E-state index >= 15 is 0 Å². The van der Waals surface area contributed by atoms with Crippen LogP contribution in [-0.4, -0.2) is 34.9 Å². The van der Waals surface area contributed by atoms with E-state index in [-0.39, 0.29) is 18.2 Å². The van der Waals surface area contributed by atoms with Crippen LogP contribution in [-0.2, 0) is 4.79 Å². The summed E-state index contributed by atoms with van der Waals surface area (Å²) in [4.78, 5) is 12.7. The van der Waals surface area contributed by atoms with E-state index in [0.29, 0.717) is 5.88 Å². The van der Waals surface area contributed by atoms with Crippen molar-refractivity contribution in [3.05, 3.63) is 0 Å². The van der Waals surface area contributed by atoms with E-state index in [1.165, 1.54) is 4.90 Å². The van der Waals surface area contributed by atoms with Gasteiger partial charge in [0, 0.05) is 7.05 Å². The first-order valence-corrected chi connectivity index (χ1v) is 4.65. The Morgan fingerprint density at radius 3 is 2.42 bits per heavy atom. The minimum absolute atomic E-state index is 0.0637. The van der Waals surface area contributed by atoms with Gasteiger partial charge in [0.1, 0.15) is 0 Å². The fourth-order valence-corrected chi connectivity index (χ4v) is 0.807. The molecule has 0 aliphatic carbocycles. The summed E-state index contributed by atoms with van der Waals surface area (Å²) in [6.07, 6.45) is -0.353. The first-order valence-electron chi connectivity index (χ1n) is 4.02. The third-order valence-electron chi connectivity index (χ3n) is 1.79. The minimum Gasteiger partial charge on any atom is -0.392 e. The molecule has 0 aliphatic heterocycles. The Labute approximate surface area is 79.2 Å². The number of nitrogens with zero attached hydrogens (tertiary/aromatic N) is 1. The van der Waals surface area contributed by atoms with E-state index < -0.39 is 6.10 Å². The number of carbonyl (C=O) groups excluding carboxylic acids is 1. The van der Waals surface area contributed by atoms with E-state index in [1.807, 2.05) is 13.8 Å². The summed E-state index contributed by atoms with van der Waals surface area (Å²) in [6, 6.07) is 0. The van der Waals surface area contributed by atoms with Crippen molar-refractivity contribution in [2.45, 2.75) is 26.4 Å². The molecule has 0 radical (unpaired) electrons. The summed E-state index contributed by atoms with van der Waals surface area (Å²) in [5.74, 6) is 0.456. The highest BCUT2D eigenvalue weighted by atomic mass is 32.1. The number of aliphatic hydroxyl groups excluding tert-OH is 1. The number of amides is 1. The normalized spacial score (nSPS) is 13.2. The zero-order valence-electron chi connectivity index (χ0n) is 7.82. The maximum absolute atomic E-state index is 11.2. The van der Waals surface area contributed by atoms with Gasteiger partial charge in [0.2, 0.25) is 5.91 Å². The summed E-state index contributed by atoms with van der Waals surface area (Å²) in [6.45, 7) is 3.78. The molecular weight excluding hydrogens is 174 g/mol. The largest absolute Gasteiger partial charge is 0.392 e. The molecule has 1 atom stereocenters. The second kappa shape index (κ2) is 5.43. The average molecular weight is 191 g/mol. The molecule has 1 N–H and O–H groups in total. The van der Waals surface area contributed by atoms with E-state index in [1.54, 1.807) is 7.05 Å². The quantitative estimate of drug-likeness (QED) is 0.508.